The Morgan fingerprint density at radius 2 is 1.78 bits per heavy atom. The Hall–Kier alpha value is -2.32. The maximum absolute atomic E-state index is 12.4. The smallest absolute Gasteiger partial charge is 0.256 e. The molecule has 0 atom stereocenters. The van der Waals surface area contributed by atoms with E-state index in [4.69, 9.17) is 16.3 Å². The SMILES string of the molecule is CN(CC1CCN(C=O)CC1)Sc1ccc(-c2cc3c(Cl)cccc3c(=O)[nH]2)cc1.COC(C)(C)C. The van der Waals surface area contributed by atoms with Crippen LogP contribution in [0.3, 0.4) is 0 Å². The van der Waals surface area contributed by atoms with Crippen LogP contribution >= 0.6 is 23.5 Å². The van der Waals surface area contributed by atoms with Crippen LogP contribution in [0.15, 0.2) is 58.2 Å². The molecule has 194 valence electrons. The van der Waals surface area contributed by atoms with E-state index in [9.17, 15) is 9.59 Å². The first-order chi connectivity index (χ1) is 17.1. The van der Waals surface area contributed by atoms with Gasteiger partial charge in [0.15, 0.2) is 0 Å². The van der Waals surface area contributed by atoms with Gasteiger partial charge in [-0.2, -0.15) is 0 Å². The summed E-state index contributed by atoms with van der Waals surface area (Å²) < 4.78 is 7.20. The lowest BCUT2D eigenvalue weighted by Gasteiger charge is -2.31. The summed E-state index contributed by atoms with van der Waals surface area (Å²) in [4.78, 5) is 29.2. The van der Waals surface area contributed by atoms with Gasteiger partial charge in [-0.3, -0.25) is 9.59 Å². The lowest BCUT2D eigenvalue weighted by atomic mass is 9.97. The van der Waals surface area contributed by atoms with E-state index in [2.05, 4.69) is 28.5 Å². The normalized spacial score (nSPS) is 14.6. The number of methoxy groups -OCH3 is 1. The van der Waals surface area contributed by atoms with Crippen LogP contribution in [-0.4, -0.2) is 60.0 Å². The lowest BCUT2D eigenvalue weighted by Crippen LogP contribution is -2.35. The molecule has 36 heavy (non-hydrogen) atoms. The summed E-state index contributed by atoms with van der Waals surface area (Å²) in [6.45, 7) is 8.77. The molecule has 2 aromatic carbocycles. The second-order valence-electron chi connectivity index (χ2n) is 10.0. The zero-order valence-electron chi connectivity index (χ0n) is 21.7. The van der Waals surface area contributed by atoms with Crippen molar-refractivity contribution in [3.63, 3.8) is 0 Å². The molecule has 0 saturated carbocycles. The number of ether oxygens (including phenoxy) is 1. The van der Waals surface area contributed by atoms with Crippen LogP contribution in [0.25, 0.3) is 22.0 Å². The van der Waals surface area contributed by atoms with Gasteiger partial charge in [0.05, 0.1) is 5.60 Å². The Balaban J connectivity index is 0.000000538. The third-order valence-corrected chi connectivity index (χ3v) is 7.46. The number of carbonyl (C=O) groups excluding carboxylic acids is 1. The molecule has 1 saturated heterocycles. The van der Waals surface area contributed by atoms with Crippen LogP contribution < -0.4 is 5.56 Å². The van der Waals surface area contributed by atoms with Crippen molar-refractivity contribution in [2.24, 2.45) is 5.92 Å². The molecule has 0 spiro atoms. The molecule has 1 aliphatic rings. The number of piperidine rings is 1. The number of likely N-dealkylation sites (tertiary alicyclic amines) is 1. The maximum Gasteiger partial charge on any atom is 0.256 e. The first-order valence-electron chi connectivity index (χ1n) is 12.1. The number of benzene rings is 2. The summed E-state index contributed by atoms with van der Waals surface area (Å²) in [5.41, 5.74) is 1.61. The number of halogens is 1. The molecule has 0 radical (unpaired) electrons. The summed E-state index contributed by atoms with van der Waals surface area (Å²) >= 11 is 8.00. The van der Waals surface area contributed by atoms with Crippen molar-refractivity contribution < 1.29 is 9.53 Å². The fraction of sp³-hybridized carbons (Fsp3) is 0.429. The van der Waals surface area contributed by atoms with Gasteiger partial charge in [0.2, 0.25) is 6.41 Å². The Labute approximate surface area is 223 Å². The lowest BCUT2D eigenvalue weighted by molar-refractivity contribution is -0.119. The average molecular weight is 530 g/mol. The number of amides is 1. The summed E-state index contributed by atoms with van der Waals surface area (Å²) in [7, 11) is 3.81. The number of nitrogens with zero attached hydrogens (tertiary/aromatic N) is 2. The molecule has 1 amide bonds. The Bertz CT molecular complexity index is 1200. The minimum Gasteiger partial charge on any atom is -0.379 e. The van der Waals surface area contributed by atoms with E-state index >= 15 is 0 Å². The first kappa shape index (κ1) is 28.3. The number of fused-ring (bicyclic) bond motifs is 1. The van der Waals surface area contributed by atoms with E-state index in [0.29, 0.717) is 16.3 Å². The number of aromatic nitrogens is 1. The van der Waals surface area contributed by atoms with Crippen molar-refractivity contribution in [2.45, 2.75) is 44.1 Å². The fourth-order valence-corrected chi connectivity index (χ4v) is 5.06. The molecule has 6 nitrogen and oxygen atoms in total. The minimum atomic E-state index is -0.135. The Kier molecular flexibility index (Phi) is 10.0. The van der Waals surface area contributed by atoms with E-state index in [0.717, 1.165) is 60.4 Å². The van der Waals surface area contributed by atoms with Crippen LogP contribution in [-0.2, 0) is 9.53 Å². The van der Waals surface area contributed by atoms with Crippen LogP contribution in [0, 0.1) is 5.92 Å². The monoisotopic (exact) mass is 529 g/mol. The van der Waals surface area contributed by atoms with Crippen LogP contribution in [0.4, 0.5) is 0 Å². The minimum absolute atomic E-state index is 0.0417. The molecule has 1 aliphatic heterocycles. The quantitative estimate of drug-likeness (QED) is 0.309. The first-order valence-corrected chi connectivity index (χ1v) is 13.3. The summed E-state index contributed by atoms with van der Waals surface area (Å²) in [5.74, 6) is 0.616. The molecule has 2 heterocycles. The number of hydrogen-bond donors (Lipinski definition) is 1. The van der Waals surface area contributed by atoms with Crippen LogP contribution in [0.1, 0.15) is 33.6 Å². The molecule has 0 bridgehead atoms. The Morgan fingerprint density at radius 3 is 2.36 bits per heavy atom. The van der Waals surface area contributed by atoms with Gasteiger partial charge in [-0.1, -0.05) is 29.8 Å². The predicted octanol–water partition coefficient (Wildman–Crippen LogP) is 6.09. The molecule has 1 aromatic heterocycles. The zero-order chi connectivity index (χ0) is 26.3. The maximum atomic E-state index is 12.4. The largest absolute Gasteiger partial charge is 0.379 e. The molecule has 3 aromatic rings. The van der Waals surface area contributed by atoms with Gasteiger partial charge in [-0.15, -0.1) is 0 Å². The average Bonchev–Trinajstić information content (AvgIpc) is 2.85. The number of pyridine rings is 1. The molecule has 1 fully saturated rings. The van der Waals surface area contributed by atoms with E-state index in [-0.39, 0.29) is 11.2 Å². The van der Waals surface area contributed by atoms with Gasteiger partial charge >= 0.3 is 0 Å². The van der Waals surface area contributed by atoms with Gasteiger partial charge in [0.25, 0.3) is 5.56 Å². The predicted molar refractivity (Wildman–Crippen MR) is 151 cm³/mol. The number of hydrogen-bond acceptors (Lipinski definition) is 5. The van der Waals surface area contributed by atoms with Crippen molar-refractivity contribution in [1.82, 2.24) is 14.2 Å². The molecule has 4 rings (SSSR count). The highest BCUT2D eigenvalue weighted by atomic mass is 35.5. The second kappa shape index (κ2) is 12.8. The summed E-state index contributed by atoms with van der Waals surface area (Å²) in [6.07, 6.45) is 3.06. The highest BCUT2D eigenvalue weighted by Gasteiger charge is 2.19. The van der Waals surface area contributed by atoms with Crippen molar-refractivity contribution in [3.8, 4) is 11.3 Å². The number of carbonyl (C=O) groups is 1. The van der Waals surface area contributed by atoms with Gasteiger partial charge in [0, 0.05) is 53.1 Å². The van der Waals surface area contributed by atoms with E-state index in [1.54, 1.807) is 37.3 Å². The number of rotatable bonds is 6. The molecule has 0 unspecified atom stereocenters. The second-order valence-corrected chi connectivity index (χ2v) is 11.7. The zero-order valence-corrected chi connectivity index (χ0v) is 23.3. The molecule has 0 aliphatic carbocycles. The van der Waals surface area contributed by atoms with Crippen molar-refractivity contribution in [3.05, 3.63) is 63.9 Å². The van der Waals surface area contributed by atoms with Gasteiger partial charge in [-0.05, 0) is 94.4 Å². The Morgan fingerprint density at radius 1 is 1.14 bits per heavy atom. The van der Waals surface area contributed by atoms with Gasteiger partial charge < -0.3 is 14.6 Å². The standard InChI is InChI=1S/C23H24ClN3O2S.C5H12O/c1-26(14-16-9-11-27(15-28)12-10-16)30-18-7-5-17(6-8-18)22-13-20-19(23(29)25-22)3-2-4-21(20)24;1-5(2,3)6-4/h2-8,13,15-16H,9-12,14H2,1H3,(H,25,29);1-4H3. The third-order valence-electron chi connectivity index (χ3n) is 6.19. The topological polar surface area (TPSA) is 65.6 Å². The summed E-state index contributed by atoms with van der Waals surface area (Å²) in [5, 5.41) is 1.93. The van der Waals surface area contributed by atoms with E-state index in [1.807, 2.05) is 43.9 Å². The van der Waals surface area contributed by atoms with Crippen molar-refractivity contribution >= 4 is 40.7 Å². The van der Waals surface area contributed by atoms with E-state index in [1.165, 1.54) is 0 Å². The molecular weight excluding hydrogens is 494 g/mol. The van der Waals surface area contributed by atoms with Crippen LogP contribution in [0.2, 0.25) is 5.02 Å². The number of nitrogens with one attached hydrogen (secondary N) is 1. The van der Waals surface area contributed by atoms with Crippen LogP contribution in [0.5, 0.6) is 0 Å². The number of H-pyrrole nitrogens is 1. The van der Waals surface area contributed by atoms with Crippen molar-refractivity contribution in [1.29, 1.82) is 0 Å². The van der Waals surface area contributed by atoms with E-state index < -0.39 is 0 Å². The molecule has 1 N–H and O–H groups in total. The summed E-state index contributed by atoms with van der Waals surface area (Å²) in [6, 6.07) is 15.5. The molecule has 8 heteroatoms. The van der Waals surface area contributed by atoms with Gasteiger partial charge in [0.1, 0.15) is 0 Å². The number of aromatic amines is 1. The van der Waals surface area contributed by atoms with Gasteiger partial charge in [-0.25, -0.2) is 4.31 Å². The highest BCUT2D eigenvalue weighted by molar-refractivity contribution is 7.97. The molecular formula is C28H36ClN3O3S. The highest BCUT2D eigenvalue weighted by Crippen LogP contribution is 2.29. The fourth-order valence-electron chi connectivity index (χ4n) is 3.92. The third kappa shape index (κ3) is 8.10. The van der Waals surface area contributed by atoms with Crippen molar-refractivity contribution in [2.75, 3.05) is 33.8 Å².